The number of unbranched alkanes of at least 4 members (excludes halogenated alkanes) is 36. The minimum Gasteiger partial charge on any atom is -0.508 e. The molecule has 6 unspecified atom stereocenters. The van der Waals surface area contributed by atoms with Gasteiger partial charge in [-0.25, -0.2) is 9.13 Å². The van der Waals surface area contributed by atoms with Gasteiger partial charge in [0.25, 0.3) is 0 Å². The van der Waals surface area contributed by atoms with Crippen molar-refractivity contribution in [1.82, 2.24) is 0 Å². The number of hydrogen-bond acceptors (Lipinski definition) is 10. The first-order valence-electron chi connectivity index (χ1n) is 40.5. The highest BCUT2D eigenvalue weighted by molar-refractivity contribution is 7.63. The van der Waals surface area contributed by atoms with Crippen molar-refractivity contribution in [3.05, 3.63) is 154 Å². The van der Waals surface area contributed by atoms with E-state index in [0.717, 1.165) is 125 Å². The topological polar surface area (TPSA) is 152 Å². The smallest absolute Gasteiger partial charge is 0.462 e. The summed E-state index contributed by atoms with van der Waals surface area (Å²) in [5, 5.41) is 51.9. The normalized spacial score (nSPS) is 19.0. The van der Waals surface area contributed by atoms with Crippen molar-refractivity contribution in [3.63, 3.8) is 0 Å². The van der Waals surface area contributed by atoms with Crippen LogP contribution in [0.4, 0.5) is 0 Å². The molecule has 0 saturated heterocycles. The molecule has 4 N–H and O–H groups in total. The minimum atomic E-state index is -4.40. The van der Waals surface area contributed by atoms with Gasteiger partial charge in [-0.1, -0.05) is 321 Å². The Labute approximate surface area is 603 Å². The lowest BCUT2D eigenvalue weighted by Gasteiger charge is -2.35. The number of aromatic hydroxyl groups is 4. The van der Waals surface area contributed by atoms with Crippen molar-refractivity contribution in [2.24, 2.45) is 0 Å². The zero-order chi connectivity index (χ0) is 70.4. The summed E-state index contributed by atoms with van der Waals surface area (Å²) in [7, 11) is -8.81. The average Bonchev–Trinajstić information content (AvgIpc) is 0.731. The number of benzene rings is 6. The molecule has 548 valence electrons. The molecule has 3 aliphatic rings. The Morgan fingerprint density at radius 1 is 0.250 bits per heavy atom. The van der Waals surface area contributed by atoms with Gasteiger partial charge in [0.1, 0.15) is 46.0 Å². The van der Waals surface area contributed by atoms with Gasteiger partial charge in [-0.2, -0.15) is 0 Å². The van der Waals surface area contributed by atoms with Crippen molar-refractivity contribution in [1.29, 1.82) is 0 Å². The van der Waals surface area contributed by atoms with E-state index in [0.29, 0.717) is 58.5 Å². The first-order valence-corrected chi connectivity index (χ1v) is 43.5. The van der Waals surface area contributed by atoms with Crippen LogP contribution in [0.1, 0.15) is 378 Å². The van der Waals surface area contributed by atoms with Crippen molar-refractivity contribution in [3.8, 4) is 46.0 Å². The van der Waals surface area contributed by atoms with Crippen LogP contribution in [0.3, 0.4) is 0 Å². The quantitative estimate of drug-likeness (QED) is 0.0215. The van der Waals surface area contributed by atoms with Crippen LogP contribution in [-0.2, 0) is 9.13 Å². The third-order valence-corrected chi connectivity index (χ3v) is 25.7. The van der Waals surface area contributed by atoms with Crippen LogP contribution < -0.4 is 28.7 Å². The molecular formula is C88H126O10P2. The molecule has 0 saturated carbocycles. The highest BCUT2D eigenvalue weighted by Gasteiger charge is 2.44. The van der Waals surface area contributed by atoms with E-state index in [9.17, 15) is 20.4 Å². The zero-order valence-electron chi connectivity index (χ0n) is 61.9. The Morgan fingerprint density at radius 3 is 0.710 bits per heavy atom. The van der Waals surface area contributed by atoms with E-state index in [4.69, 9.17) is 18.1 Å². The van der Waals surface area contributed by atoms with Crippen LogP contribution in [-0.4, -0.2) is 20.4 Å². The van der Waals surface area contributed by atoms with Gasteiger partial charge in [-0.15, -0.1) is 0 Å². The van der Waals surface area contributed by atoms with E-state index < -0.39 is 38.9 Å². The van der Waals surface area contributed by atoms with Crippen LogP contribution >= 0.6 is 15.2 Å². The van der Waals surface area contributed by atoms with Crippen LogP contribution in [0.25, 0.3) is 0 Å². The molecule has 6 aromatic rings. The molecule has 0 spiro atoms. The molecule has 1 aliphatic carbocycles. The molecule has 0 fully saturated rings. The summed E-state index contributed by atoms with van der Waals surface area (Å²) >= 11 is 0. The maximum Gasteiger partial charge on any atom is 0.462 e. The molecule has 100 heavy (non-hydrogen) atoms. The fraction of sp³-hybridized carbons (Fsp3) is 0.591. The summed E-state index contributed by atoms with van der Waals surface area (Å²) in [6, 6.07) is 32.9. The molecule has 12 heteroatoms. The minimum absolute atomic E-state index is 0.0522. The zero-order valence-corrected chi connectivity index (χ0v) is 63.7. The second-order valence-corrected chi connectivity index (χ2v) is 33.7. The summed E-state index contributed by atoms with van der Waals surface area (Å²) in [4.78, 5) is 0. The highest BCUT2D eigenvalue weighted by atomic mass is 31.2. The van der Waals surface area contributed by atoms with Crippen molar-refractivity contribution < 1.29 is 47.7 Å². The summed E-state index contributed by atoms with van der Waals surface area (Å²) in [5.74, 6) is -1.15. The van der Waals surface area contributed by atoms with E-state index in [1.165, 1.54) is 160 Å². The van der Waals surface area contributed by atoms with Gasteiger partial charge < -0.3 is 38.5 Å². The molecule has 2 heterocycles. The lowest BCUT2D eigenvalue weighted by Crippen LogP contribution is -2.22. The van der Waals surface area contributed by atoms with Crippen molar-refractivity contribution in [2.75, 3.05) is 0 Å². The summed E-state index contributed by atoms with van der Waals surface area (Å²) in [6.07, 6.45) is 48.6. The molecule has 10 nitrogen and oxygen atoms in total. The Hall–Kier alpha value is -5.82. The maximum atomic E-state index is 16.4. The molecule has 8 bridgehead atoms. The van der Waals surface area contributed by atoms with Crippen LogP contribution in [0.5, 0.6) is 46.0 Å². The average molecular weight is 1410 g/mol. The molecule has 6 atom stereocenters. The van der Waals surface area contributed by atoms with Crippen molar-refractivity contribution in [2.45, 2.75) is 334 Å². The lowest BCUT2D eigenvalue weighted by atomic mass is 9.76. The lowest BCUT2D eigenvalue weighted by molar-refractivity contribution is 0.375. The van der Waals surface area contributed by atoms with E-state index in [1.54, 1.807) is 36.4 Å². The standard InChI is InChI=1S/C88H126O10P2/c1-5-9-13-17-21-25-29-33-37-47-55-69-73-59-74(82(90)63-81(73)89)70(56-48-38-34-30-26-22-18-14-10-6-2)76-61-78-72(58-50-40-36-32-28-24-20-16-12-8-4)80-62-79-71(57-49-39-35-31-27-23-19-15-11-7-3)77-60-75(69)83(91)64-85(77)95-99(93,67-51-43-41-44-52-67)97-87(79)66-88(80)98-100(94,68-53-45-42-46-54-68)96-86(78)65-84(76)92/h41-46,51-54,59-66,69-72,89-92H,5-40,47-50,55-58H2,1-4H3. The number of phenolic OH excluding ortho intramolecular Hbond substituents is 4. The third-order valence-electron chi connectivity index (χ3n) is 22.0. The third kappa shape index (κ3) is 22.1. The van der Waals surface area contributed by atoms with Gasteiger partial charge in [0.15, 0.2) is 0 Å². The Balaban J connectivity index is 1.26. The maximum absolute atomic E-state index is 16.4. The predicted molar refractivity (Wildman–Crippen MR) is 416 cm³/mol. The molecule has 9 rings (SSSR count). The Kier molecular flexibility index (Phi) is 32.5. The van der Waals surface area contributed by atoms with Crippen LogP contribution in [0.2, 0.25) is 0 Å². The van der Waals surface area contributed by atoms with E-state index in [-0.39, 0.29) is 46.0 Å². The summed E-state index contributed by atoms with van der Waals surface area (Å²) in [6.45, 7) is 9.04. The van der Waals surface area contributed by atoms with Crippen LogP contribution in [0, 0.1) is 0 Å². The molecule has 0 amide bonds. The number of rotatable bonds is 46. The molecular weight excluding hydrogens is 1280 g/mol. The van der Waals surface area contributed by atoms with Gasteiger partial charge in [0, 0.05) is 92.4 Å². The number of hydrogen-bond donors (Lipinski definition) is 4. The van der Waals surface area contributed by atoms with Gasteiger partial charge >= 0.3 is 15.2 Å². The molecule has 0 aromatic heterocycles. The van der Waals surface area contributed by atoms with E-state index in [1.807, 2.05) is 48.5 Å². The van der Waals surface area contributed by atoms with E-state index >= 15 is 9.13 Å². The fourth-order valence-corrected chi connectivity index (χ4v) is 19.4. The predicted octanol–water partition coefficient (Wildman–Crippen LogP) is 27.2. The van der Waals surface area contributed by atoms with Crippen LogP contribution in [0.15, 0.2) is 109 Å². The monoisotopic (exact) mass is 1400 g/mol. The second-order valence-electron chi connectivity index (χ2n) is 29.9. The number of fused-ring (bicyclic) bond motifs is 4. The summed E-state index contributed by atoms with van der Waals surface area (Å²) < 4.78 is 61.0. The first kappa shape index (κ1) is 78.3. The Bertz CT molecular complexity index is 3270. The van der Waals surface area contributed by atoms with Gasteiger partial charge in [-0.3, -0.25) is 0 Å². The first-order chi connectivity index (χ1) is 48.9. The number of phenols is 4. The van der Waals surface area contributed by atoms with Gasteiger partial charge in [0.05, 0.1) is 10.6 Å². The summed E-state index contributed by atoms with van der Waals surface area (Å²) in [5.41, 5.74) is 5.46. The fourth-order valence-electron chi connectivity index (χ4n) is 16.2. The van der Waals surface area contributed by atoms with Gasteiger partial charge in [-0.05, 0) is 74.2 Å². The Morgan fingerprint density at radius 2 is 0.450 bits per heavy atom. The van der Waals surface area contributed by atoms with E-state index in [2.05, 4.69) is 45.9 Å². The largest absolute Gasteiger partial charge is 0.508 e. The molecule has 6 aromatic carbocycles. The molecule has 0 radical (unpaired) electrons. The molecule has 2 aliphatic heterocycles. The SMILES string of the molecule is CCCCCCCCCCCCC1c2cc(c(O)cc2O)C(CCCCCCCCCCCC)c2cc3c(cc2O)OP(=O)(c2ccccc2)Oc2cc4c(cc2C3CCCCCCCCCCCC)C(CCCCCCCCCCCC)c2cc1c(O)cc2OP(=O)(c1ccccc1)O4. The van der Waals surface area contributed by atoms with Crippen molar-refractivity contribution >= 4 is 25.8 Å². The second kappa shape index (κ2) is 41.5. The van der Waals surface area contributed by atoms with Gasteiger partial charge in [0.2, 0.25) is 0 Å². The highest BCUT2D eigenvalue weighted by Crippen LogP contribution is 2.62.